The third-order valence-electron chi connectivity index (χ3n) is 3.75. The van der Waals surface area contributed by atoms with Gasteiger partial charge < -0.3 is 9.88 Å². The second kappa shape index (κ2) is 6.93. The van der Waals surface area contributed by atoms with Gasteiger partial charge in [-0.3, -0.25) is 4.79 Å². The van der Waals surface area contributed by atoms with Gasteiger partial charge in [-0.15, -0.1) is 10.2 Å². The van der Waals surface area contributed by atoms with Crippen molar-refractivity contribution in [1.29, 1.82) is 0 Å². The molecule has 0 spiro atoms. The van der Waals surface area contributed by atoms with Gasteiger partial charge in [0.05, 0.1) is 5.25 Å². The number of nitrogens with zero attached hydrogens (tertiary/aromatic N) is 3. The molecule has 0 saturated heterocycles. The first-order valence-corrected chi connectivity index (χ1v) is 9.00. The molecule has 0 aliphatic heterocycles. The smallest absolute Gasteiger partial charge is 0.237 e. The van der Waals surface area contributed by atoms with Crippen LogP contribution in [0.1, 0.15) is 38.4 Å². The van der Waals surface area contributed by atoms with Crippen molar-refractivity contribution < 1.29 is 4.79 Å². The van der Waals surface area contributed by atoms with Gasteiger partial charge >= 0.3 is 0 Å². The molecule has 1 N–H and O–H groups in total. The number of rotatable bonds is 6. The Morgan fingerprint density at radius 3 is 2.91 bits per heavy atom. The quantitative estimate of drug-likeness (QED) is 0.801. The highest BCUT2D eigenvalue weighted by Gasteiger charge is 2.30. The normalized spacial score (nSPS) is 15.4. The fourth-order valence-corrected chi connectivity index (χ4v) is 3.46. The maximum Gasteiger partial charge on any atom is 0.237 e. The van der Waals surface area contributed by atoms with E-state index in [-0.39, 0.29) is 11.2 Å². The van der Waals surface area contributed by atoms with E-state index in [1.807, 2.05) is 19.1 Å². The van der Waals surface area contributed by atoms with Crippen LogP contribution >= 0.6 is 23.4 Å². The Labute approximate surface area is 144 Å². The molecule has 1 atom stereocenters. The molecular formula is C16H19ClN4OS. The summed E-state index contributed by atoms with van der Waals surface area (Å²) in [4.78, 5) is 12.3. The number of carbonyl (C=O) groups is 1. The molecule has 0 bridgehead atoms. The first kappa shape index (κ1) is 16.3. The second-order valence-corrected chi connectivity index (χ2v) is 7.36. The summed E-state index contributed by atoms with van der Waals surface area (Å²) >= 11 is 7.37. The number of carbonyl (C=O) groups excluding carboxylic acids is 1. The molecule has 1 aromatic carbocycles. The van der Waals surface area contributed by atoms with Gasteiger partial charge in [-0.25, -0.2) is 0 Å². The molecule has 0 unspecified atom stereocenters. The number of aromatic nitrogens is 3. The van der Waals surface area contributed by atoms with Crippen molar-refractivity contribution in [3.8, 4) is 0 Å². The number of nitrogens with one attached hydrogen (secondary N) is 1. The van der Waals surface area contributed by atoms with E-state index < -0.39 is 0 Å². The van der Waals surface area contributed by atoms with Crippen LogP contribution in [0.5, 0.6) is 0 Å². The van der Waals surface area contributed by atoms with E-state index in [2.05, 4.69) is 27.0 Å². The summed E-state index contributed by atoms with van der Waals surface area (Å²) in [6, 6.07) is 7.14. The SMILES string of the molecule is CCn1c(S[C@@H](C)C(=O)Nc2cccc(Cl)c2)nnc1C1CC1. The van der Waals surface area contributed by atoms with E-state index in [9.17, 15) is 4.79 Å². The van der Waals surface area contributed by atoms with E-state index in [0.717, 1.165) is 17.5 Å². The zero-order valence-corrected chi connectivity index (χ0v) is 14.7. The summed E-state index contributed by atoms with van der Waals surface area (Å²) < 4.78 is 2.12. The number of hydrogen-bond donors (Lipinski definition) is 1. The standard InChI is InChI=1S/C16H19ClN4OS/c1-3-21-14(11-7-8-11)19-20-16(21)23-10(2)15(22)18-13-6-4-5-12(17)9-13/h4-6,9-11H,3,7-8H2,1-2H3,(H,18,22)/t10-/m0/s1. The summed E-state index contributed by atoms with van der Waals surface area (Å²) in [5.41, 5.74) is 0.700. The van der Waals surface area contributed by atoms with Crippen molar-refractivity contribution in [3.63, 3.8) is 0 Å². The summed E-state index contributed by atoms with van der Waals surface area (Å²) in [5.74, 6) is 1.53. The predicted octanol–water partition coefficient (Wildman–Crippen LogP) is 3.95. The summed E-state index contributed by atoms with van der Waals surface area (Å²) in [6.07, 6.45) is 2.38. The van der Waals surface area contributed by atoms with E-state index >= 15 is 0 Å². The van der Waals surface area contributed by atoms with Crippen molar-refractivity contribution in [2.75, 3.05) is 5.32 Å². The highest BCUT2D eigenvalue weighted by molar-refractivity contribution is 8.00. The van der Waals surface area contributed by atoms with Gasteiger partial charge in [0.15, 0.2) is 5.16 Å². The second-order valence-electron chi connectivity index (χ2n) is 5.62. The maximum atomic E-state index is 12.3. The molecule has 1 heterocycles. The average molecular weight is 351 g/mol. The summed E-state index contributed by atoms with van der Waals surface area (Å²) in [7, 11) is 0. The first-order chi connectivity index (χ1) is 11.1. The highest BCUT2D eigenvalue weighted by atomic mass is 35.5. The molecule has 0 radical (unpaired) electrons. The molecule has 122 valence electrons. The van der Waals surface area contributed by atoms with Crippen LogP contribution in [0.15, 0.2) is 29.4 Å². The molecule has 1 aliphatic rings. The number of halogens is 1. The first-order valence-electron chi connectivity index (χ1n) is 7.74. The van der Waals surface area contributed by atoms with Crippen LogP contribution in [0.2, 0.25) is 5.02 Å². The summed E-state index contributed by atoms with van der Waals surface area (Å²) in [6.45, 7) is 4.77. The summed E-state index contributed by atoms with van der Waals surface area (Å²) in [5, 5.41) is 12.6. The lowest BCUT2D eigenvalue weighted by Gasteiger charge is -2.12. The van der Waals surface area contributed by atoms with Gasteiger partial charge in [-0.05, 0) is 44.9 Å². The van der Waals surface area contributed by atoms with Crippen LogP contribution in [-0.4, -0.2) is 25.9 Å². The van der Waals surface area contributed by atoms with Gasteiger partial charge in [0.1, 0.15) is 5.82 Å². The Balaban J connectivity index is 1.66. The van der Waals surface area contributed by atoms with Crippen LogP contribution < -0.4 is 5.32 Å². The van der Waals surface area contributed by atoms with Gasteiger partial charge in [0, 0.05) is 23.2 Å². The van der Waals surface area contributed by atoms with Crippen molar-refractivity contribution in [2.24, 2.45) is 0 Å². The maximum absolute atomic E-state index is 12.3. The van der Waals surface area contributed by atoms with E-state index in [0.29, 0.717) is 16.6 Å². The van der Waals surface area contributed by atoms with Crippen LogP contribution in [0.4, 0.5) is 5.69 Å². The van der Waals surface area contributed by atoms with Gasteiger partial charge in [-0.2, -0.15) is 0 Å². The molecule has 5 nitrogen and oxygen atoms in total. The van der Waals surface area contributed by atoms with E-state index in [4.69, 9.17) is 11.6 Å². The fourth-order valence-electron chi connectivity index (χ4n) is 2.35. The third kappa shape index (κ3) is 3.87. The number of hydrogen-bond acceptors (Lipinski definition) is 4. The van der Waals surface area contributed by atoms with Crippen molar-refractivity contribution >= 4 is 35.0 Å². The molecule has 23 heavy (non-hydrogen) atoms. The van der Waals surface area contributed by atoms with Crippen molar-refractivity contribution in [3.05, 3.63) is 35.1 Å². The number of amides is 1. The lowest BCUT2D eigenvalue weighted by molar-refractivity contribution is -0.115. The molecular weight excluding hydrogens is 332 g/mol. The zero-order chi connectivity index (χ0) is 16.4. The predicted molar refractivity (Wildman–Crippen MR) is 93.1 cm³/mol. The van der Waals surface area contributed by atoms with E-state index in [1.165, 1.54) is 24.6 Å². The van der Waals surface area contributed by atoms with Gasteiger partial charge in [0.2, 0.25) is 5.91 Å². The lowest BCUT2D eigenvalue weighted by atomic mass is 10.3. The zero-order valence-electron chi connectivity index (χ0n) is 13.1. The average Bonchev–Trinajstić information content (AvgIpc) is 3.28. The molecule has 7 heteroatoms. The Hall–Kier alpha value is -1.53. The fraction of sp³-hybridized carbons (Fsp3) is 0.438. The number of anilines is 1. The Kier molecular flexibility index (Phi) is 4.92. The minimum absolute atomic E-state index is 0.0732. The van der Waals surface area contributed by atoms with Crippen LogP contribution in [0.25, 0.3) is 0 Å². The van der Waals surface area contributed by atoms with Gasteiger partial charge in [-0.1, -0.05) is 29.4 Å². The van der Waals surface area contributed by atoms with Crippen molar-refractivity contribution in [1.82, 2.24) is 14.8 Å². The minimum Gasteiger partial charge on any atom is -0.325 e. The Morgan fingerprint density at radius 1 is 1.48 bits per heavy atom. The topological polar surface area (TPSA) is 59.8 Å². The van der Waals surface area contributed by atoms with Crippen LogP contribution in [0.3, 0.4) is 0 Å². The lowest BCUT2D eigenvalue weighted by Crippen LogP contribution is -2.23. The third-order valence-corrected chi connectivity index (χ3v) is 5.06. The molecule has 1 fully saturated rings. The molecule has 1 amide bonds. The highest BCUT2D eigenvalue weighted by Crippen LogP contribution is 2.40. The van der Waals surface area contributed by atoms with Crippen LogP contribution in [-0.2, 0) is 11.3 Å². The molecule has 1 aliphatic carbocycles. The molecule has 1 aromatic heterocycles. The largest absolute Gasteiger partial charge is 0.325 e. The Morgan fingerprint density at radius 2 is 2.26 bits per heavy atom. The molecule has 3 rings (SSSR count). The Bertz CT molecular complexity index is 714. The minimum atomic E-state index is -0.268. The number of benzene rings is 1. The molecule has 2 aromatic rings. The number of thioether (sulfide) groups is 1. The molecule has 1 saturated carbocycles. The monoisotopic (exact) mass is 350 g/mol. The van der Waals surface area contributed by atoms with Crippen LogP contribution in [0, 0.1) is 0 Å². The van der Waals surface area contributed by atoms with E-state index in [1.54, 1.807) is 12.1 Å². The van der Waals surface area contributed by atoms with Gasteiger partial charge in [0.25, 0.3) is 0 Å². The van der Waals surface area contributed by atoms with Crippen molar-refractivity contribution in [2.45, 2.75) is 49.6 Å².